The third-order valence-electron chi connectivity index (χ3n) is 3.63. The standard InChI is InChI=1S/C17H20N6O/c1-17(2,3)14-13(15(24)20-16-18-11-19-22(16)4)10-23(21-14)12-8-6-5-7-9-12/h5-11H,1-4H3,(H,18,19,20,24). The van der Waals surface area contributed by atoms with Crippen LogP contribution in [0.15, 0.2) is 42.9 Å². The lowest BCUT2D eigenvalue weighted by atomic mass is 9.89. The zero-order valence-corrected chi connectivity index (χ0v) is 14.2. The van der Waals surface area contributed by atoms with Gasteiger partial charge in [-0.2, -0.15) is 15.2 Å². The molecule has 0 saturated heterocycles. The third-order valence-corrected chi connectivity index (χ3v) is 3.63. The highest BCUT2D eigenvalue weighted by Crippen LogP contribution is 2.26. The predicted molar refractivity (Wildman–Crippen MR) is 91.2 cm³/mol. The monoisotopic (exact) mass is 324 g/mol. The first kappa shape index (κ1) is 15.9. The van der Waals surface area contributed by atoms with Gasteiger partial charge < -0.3 is 0 Å². The number of aromatic nitrogens is 5. The lowest BCUT2D eigenvalue weighted by Gasteiger charge is -2.17. The number of aryl methyl sites for hydroxylation is 1. The lowest BCUT2D eigenvalue weighted by molar-refractivity contribution is 0.102. The summed E-state index contributed by atoms with van der Waals surface area (Å²) in [5, 5.41) is 11.4. The molecular weight excluding hydrogens is 304 g/mol. The number of nitrogens with one attached hydrogen (secondary N) is 1. The van der Waals surface area contributed by atoms with Gasteiger partial charge in [0.2, 0.25) is 5.95 Å². The second-order valence-corrected chi connectivity index (χ2v) is 6.58. The Bertz CT molecular complexity index is 857. The number of nitrogens with zero attached hydrogens (tertiary/aromatic N) is 5. The molecule has 1 N–H and O–H groups in total. The van der Waals surface area contributed by atoms with Crippen LogP contribution in [0.1, 0.15) is 36.8 Å². The molecule has 124 valence electrons. The van der Waals surface area contributed by atoms with E-state index in [0.29, 0.717) is 11.5 Å². The van der Waals surface area contributed by atoms with E-state index in [-0.39, 0.29) is 11.3 Å². The molecule has 2 heterocycles. The molecule has 0 spiro atoms. The quantitative estimate of drug-likeness (QED) is 0.803. The Hall–Kier alpha value is -2.96. The Morgan fingerprint density at radius 1 is 1.17 bits per heavy atom. The minimum atomic E-state index is -0.271. The number of carbonyl (C=O) groups is 1. The molecule has 0 fully saturated rings. The van der Waals surface area contributed by atoms with Gasteiger partial charge >= 0.3 is 0 Å². The molecule has 0 aliphatic rings. The van der Waals surface area contributed by atoms with Crippen LogP contribution in [-0.4, -0.2) is 30.5 Å². The summed E-state index contributed by atoms with van der Waals surface area (Å²) in [5.41, 5.74) is 1.88. The molecule has 0 bridgehead atoms. The number of hydrogen-bond acceptors (Lipinski definition) is 4. The van der Waals surface area contributed by atoms with Crippen LogP contribution < -0.4 is 5.32 Å². The first-order chi connectivity index (χ1) is 11.4. The first-order valence-electron chi connectivity index (χ1n) is 7.67. The van der Waals surface area contributed by atoms with Crippen molar-refractivity contribution in [3.05, 3.63) is 54.1 Å². The summed E-state index contributed by atoms with van der Waals surface area (Å²) in [5.74, 6) is 0.144. The average molecular weight is 324 g/mol. The van der Waals surface area contributed by atoms with E-state index in [0.717, 1.165) is 11.4 Å². The van der Waals surface area contributed by atoms with Crippen LogP contribution in [0.2, 0.25) is 0 Å². The SMILES string of the molecule is Cn1ncnc1NC(=O)c1cn(-c2ccccc2)nc1C(C)(C)C. The maximum absolute atomic E-state index is 12.7. The summed E-state index contributed by atoms with van der Waals surface area (Å²) < 4.78 is 3.24. The molecule has 0 aliphatic heterocycles. The number of rotatable bonds is 3. The van der Waals surface area contributed by atoms with Crippen molar-refractivity contribution in [2.75, 3.05) is 5.32 Å². The summed E-state index contributed by atoms with van der Waals surface area (Å²) in [6, 6.07) is 9.72. The molecule has 1 aromatic carbocycles. The summed E-state index contributed by atoms with van der Waals surface area (Å²) in [6.07, 6.45) is 3.15. The van der Waals surface area contributed by atoms with E-state index >= 15 is 0 Å². The van der Waals surface area contributed by atoms with Crippen LogP contribution >= 0.6 is 0 Å². The van der Waals surface area contributed by atoms with E-state index in [2.05, 4.69) is 20.5 Å². The highest BCUT2D eigenvalue weighted by molar-refractivity contribution is 6.04. The minimum absolute atomic E-state index is 0.252. The molecule has 0 unspecified atom stereocenters. The normalized spacial score (nSPS) is 11.5. The number of para-hydroxylation sites is 1. The second kappa shape index (κ2) is 5.92. The Morgan fingerprint density at radius 3 is 2.46 bits per heavy atom. The van der Waals surface area contributed by atoms with Gasteiger partial charge in [0.05, 0.1) is 16.9 Å². The molecule has 3 aromatic rings. The Balaban J connectivity index is 2.01. The van der Waals surface area contributed by atoms with Gasteiger partial charge in [0.1, 0.15) is 6.33 Å². The maximum atomic E-state index is 12.7. The molecule has 2 aromatic heterocycles. The summed E-state index contributed by atoms with van der Waals surface area (Å²) in [7, 11) is 1.72. The number of anilines is 1. The number of benzene rings is 1. The molecule has 1 amide bonds. The molecule has 7 heteroatoms. The molecule has 0 radical (unpaired) electrons. The number of amides is 1. The van der Waals surface area contributed by atoms with Crippen molar-refractivity contribution in [1.82, 2.24) is 24.5 Å². The topological polar surface area (TPSA) is 77.6 Å². The Kier molecular flexibility index (Phi) is 3.92. The fourth-order valence-electron chi connectivity index (χ4n) is 2.39. The summed E-state index contributed by atoms with van der Waals surface area (Å²) in [4.78, 5) is 16.8. The van der Waals surface area contributed by atoms with E-state index in [1.54, 1.807) is 17.9 Å². The van der Waals surface area contributed by atoms with E-state index in [4.69, 9.17) is 0 Å². The highest BCUT2D eigenvalue weighted by Gasteiger charge is 2.27. The van der Waals surface area contributed by atoms with Crippen molar-refractivity contribution in [2.45, 2.75) is 26.2 Å². The molecule has 0 saturated carbocycles. The Morgan fingerprint density at radius 2 is 1.88 bits per heavy atom. The first-order valence-corrected chi connectivity index (χ1v) is 7.67. The average Bonchev–Trinajstić information content (AvgIpc) is 3.15. The van der Waals surface area contributed by atoms with E-state index in [1.807, 2.05) is 51.1 Å². The van der Waals surface area contributed by atoms with Gasteiger partial charge in [-0.25, -0.2) is 9.36 Å². The molecule has 7 nitrogen and oxygen atoms in total. The van der Waals surface area contributed by atoms with E-state index in [9.17, 15) is 4.79 Å². The number of carbonyl (C=O) groups excluding carboxylic acids is 1. The van der Waals surface area contributed by atoms with Gasteiger partial charge in [-0.15, -0.1) is 0 Å². The van der Waals surface area contributed by atoms with Crippen molar-refractivity contribution < 1.29 is 4.79 Å². The van der Waals surface area contributed by atoms with Gasteiger partial charge in [-0.3, -0.25) is 10.1 Å². The van der Waals surface area contributed by atoms with Crippen LogP contribution in [0.3, 0.4) is 0 Å². The van der Waals surface area contributed by atoms with E-state index in [1.165, 1.54) is 11.0 Å². The molecular formula is C17H20N6O. The van der Waals surface area contributed by atoms with Crippen molar-refractivity contribution >= 4 is 11.9 Å². The predicted octanol–water partition coefficient (Wildman–Crippen LogP) is 2.55. The van der Waals surface area contributed by atoms with Crippen molar-refractivity contribution in [3.8, 4) is 5.69 Å². The Labute approximate surface area is 140 Å². The second-order valence-electron chi connectivity index (χ2n) is 6.58. The van der Waals surface area contributed by atoms with Gasteiger partial charge in [0.15, 0.2) is 0 Å². The lowest BCUT2D eigenvalue weighted by Crippen LogP contribution is -2.21. The highest BCUT2D eigenvalue weighted by atomic mass is 16.1. The number of hydrogen-bond donors (Lipinski definition) is 1. The molecule has 3 rings (SSSR count). The van der Waals surface area contributed by atoms with Crippen LogP contribution in [0, 0.1) is 0 Å². The van der Waals surface area contributed by atoms with Crippen LogP contribution in [0.25, 0.3) is 5.69 Å². The van der Waals surface area contributed by atoms with Gasteiger partial charge in [0, 0.05) is 18.7 Å². The van der Waals surface area contributed by atoms with Crippen molar-refractivity contribution in [3.63, 3.8) is 0 Å². The van der Waals surface area contributed by atoms with E-state index < -0.39 is 0 Å². The summed E-state index contributed by atoms with van der Waals surface area (Å²) >= 11 is 0. The fourth-order valence-corrected chi connectivity index (χ4v) is 2.39. The molecule has 0 atom stereocenters. The van der Waals surface area contributed by atoms with Gasteiger partial charge in [-0.1, -0.05) is 39.0 Å². The zero-order valence-electron chi connectivity index (χ0n) is 14.2. The van der Waals surface area contributed by atoms with Crippen molar-refractivity contribution in [1.29, 1.82) is 0 Å². The van der Waals surface area contributed by atoms with Gasteiger partial charge in [0.25, 0.3) is 5.91 Å². The minimum Gasteiger partial charge on any atom is -0.290 e. The van der Waals surface area contributed by atoms with Crippen molar-refractivity contribution in [2.24, 2.45) is 7.05 Å². The zero-order chi connectivity index (χ0) is 17.3. The van der Waals surface area contributed by atoms with Crippen LogP contribution in [-0.2, 0) is 12.5 Å². The van der Waals surface area contributed by atoms with Gasteiger partial charge in [-0.05, 0) is 12.1 Å². The molecule has 24 heavy (non-hydrogen) atoms. The fraction of sp³-hybridized carbons (Fsp3) is 0.294. The molecule has 0 aliphatic carbocycles. The maximum Gasteiger partial charge on any atom is 0.261 e. The van der Waals surface area contributed by atoms with Crippen LogP contribution in [0.5, 0.6) is 0 Å². The largest absolute Gasteiger partial charge is 0.290 e. The van der Waals surface area contributed by atoms with Crippen LogP contribution in [0.4, 0.5) is 5.95 Å². The smallest absolute Gasteiger partial charge is 0.261 e. The third kappa shape index (κ3) is 3.05. The summed E-state index contributed by atoms with van der Waals surface area (Å²) in [6.45, 7) is 6.09.